The molecule has 4 heteroatoms. The van der Waals surface area contributed by atoms with E-state index in [1.165, 1.54) is 0 Å². The third-order valence-corrected chi connectivity index (χ3v) is 3.70. The van der Waals surface area contributed by atoms with Crippen LogP contribution in [0.25, 0.3) is 0 Å². The average molecular weight is 313 g/mol. The summed E-state index contributed by atoms with van der Waals surface area (Å²) < 4.78 is 10.8. The van der Waals surface area contributed by atoms with Gasteiger partial charge in [-0.3, -0.25) is 4.79 Å². The molecule has 2 aromatic rings. The first kappa shape index (κ1) is 16.9. The minimum atomic E-state index is -0.157. The zero-order valence-electron chi connectivity index (χ0n) is 14.1. The average Bonchev–Trinajstić information content (AvgIpc) is 2.57. The number of anilines is 1. The lowest BCUT2D eigenvalue weighted by molar-refractivity contribution is 0.102. The lowest BCUT2D eigenvalue weighted by Crippen LogP contribution is -2.14. The Labute approximate surface area is 137 Å². The molecule has 0 bridgehead atoms. The van der Waals surface area contributed by atoms with Gasteiger partial charge in [-0.25, -0.2) is 0 Å². The number of ether oxygens (including phenoxy) is 2. The Morgan fingerprint density at radius 2 is 1.91 bits per heavy atom. The number of rotatable bonds is 6. The first-order chi connectivity index (χ1) is 11.1. The van der Waals surface area contributed by atoms with Crippen molar-refractivity contribution in [2.75, 3.05) is 19.0 Å². The molecule has 0 unspecified atom stereocenters. The van der Waals surface area contributed by atoms with Gasteiger partial charge < -0.3 is 14.8 Å². The maximum absolute atomic E-state index is 12.6. The highest BCUT2D eigenvalue weighted by Gasteiger charge is 2.13. The van der Waals surface area contributed by atoms with E-state index in [9.17, 15) is 4.79 Å². The quantitative estimate of drug-likeness (QED) is 0.868. The molecule has 0 aliphatic carbocycles. The molecule has 1 amide bonds. The van der Waals surface area contributed by atoms with E-state index in [1.807, 2.05) is 32.0 Å². The normalized spacial score (nSPS) is 10.3. The smallest absolute Gasteiger partial charge is 0.255 e. The summed E-state index contributed by atoms with van der Waals surface area (Å²) in [5.74, 6) is 1.03. The Kier molecular flexibility index (Phi) is 5.63. The Morgan fingerprint density at radius 3 is 2.57 bits per heavy atom. The second-order valence-corrected chi connectivity index (χ2v) is 5.22. The van der Waals surface area contributed by atoms with Crippen LogP contribution in [0, 0.1) is 6.92 Å². The number of hydrogen-bond acceptors (Lipinski definition) is 3. The van der Waals surface area contributed by atoms with Crippen LogP contribution < -0.4 is 14.8 Å². The lowest BCUT2D eigenvalue weighted by atomic mass is 10.1. The number of nitrogens with one attached hydrogen (secondary N) is 1. The maximum atomic E-state index is 12.6. The molecule has 0 saturated heterocycles. The van der Waals surface area contributed by atoms with E-state index >= 15 is 0 Å². The monoisotopic (exact) mass is 313 g/mol. The molecule has 0 spiro atoms. The van der Waals surface area contributed by atoms with E-state index in [-0.39, 0.29) is 5.91 Å². The van der Waals surface area contributed by atoms with E-state index in [2.05, 4.69) is 12.2 Å². The molecule has 0 fully saturated rings. The number of carbonyl (C=O) groups is 1. The lowest BCUT2D eigenvalue weighted by Gasteiger charge is -2.14. The van der Waals surface area contributed by atoms with Crippen molar-refractivity contribution in [1.82, 2.24) is 0 Å². The molecule has 0 saturated carbocycles. The van der Waals surface area contributed by atoms with Crippen molar-refractivity contribution >= 4 is 11.6 Å². The van der Waals surface area contributed by atoms with Gasteiger partial charge in [-0.15, -0.1) is 0 Å². The molecule has 2 aromatic carbocycles. The van der Waals surface area contributed by atoms with Crippen molar-refractivity contribution in [1.29, 1.82) is 0 Å². The maximum Gasteiger partial charge on any atom is 0.255 e. The van der Waals surface area contributed by atoms with Crippen molar-refractivity contribution in [2.24, 2.45) is 0 Å². The number of amides is 1. The van der Waals surface area contributed by atoms with Crippen molar-refractivity contribution in [3.8, 4) is 11.5 Å². The van der Waals surface area contributed by atoms with Crippen LogP contribution >= 0.6 is 0 Å². The molecule has 2 rings (SSSR count). The van der Waals surface area contributed by atoms with Gasteiger partial charge in [-0.1, -0.05) is 25.1 Å². The summed E-state index contributed by atoms with van der Waals surface area (Å²) in [7, 11) is 1.57. The van der Waals surface area contributed by atoms with E-state index in [0.717, 1.165) is 23.2 Å². The Morgan fingerprint density at radius 1 is 1.13 bits per heavy atom. The van der Waals surface area contributed by atoms with Crippen LogP contribution in [0.1, 0.15) is 35.3 Å². The topological polar surface area (TPSA) is 47.6 Å². The van der Waals surface area contributed by atoms with Crippen LogP contribution in [0.5, 0.6) is 11.5 Å². The molecule has 0 aliphatic heterocycles. The first-order valence-electron chi connectivity index (χ1n) is 7.81. The van der Waals surface area contributed by atoms with Crippen molar-refractivity contribution in [3.63, 3.8) is 0 Å². The SMILES string of the molecule is CCOc1ccc(C(=O)Nc2c(C)cccc2CC)cc1OC. The summed E-state index contributed by atoms with van der Waals surface area (Å²) in [6.07, 6.45) is 0.865. The molecule has 0 radical (unpaired) electrons. The molecule has 122 valence electrons. The number of carbonyl (C=O) groups excluding carboxylic acids is 1. The molecule has 1 N–H and O–H groups in total. The summed E-state index contributed by atoms with van der Waals surface area (Å²) in [5, 5.41) is 3.01. The second-order valence-electron chi connectivity index (χ2n) is 5.22. The Hall–Kier alpha value is -2.49. The van der Waals surface area contributed by atoms with Crippen molar-refractivity contribution < 1.29 is 14.3 Å². The molecule has 0 aromatic heterocycles. The molecule has 0 heterocycles. The standard InChI is InChI=1S/C19H23NO3/c1-5-14-9-7-8-13(3)18(14)20-19(21)15-10-11-16(23-6-2)17(12-15)22-4/h7-12H,5-6H2,1-4H3,(H,20,21). The van der Waals surface area contributed by atoms with E-state index < -0.39 is 0 Å². The van der Waals surface area contributed by atoms with E-state index in [0.29, 0.717) is 23.7 Å². The third kappa shape index (κ3) is 3.83. The highest BCUT2D eigenvalue weighted by molar-refractivity contribution is 6.05. The number of methoxy groups -OCH3 is 1. The van der Waals surface area contributed by atoms with Crippen LogP contribution in [-0.2, 0) is 6.42 Å². The molecular formula is C19H23NO3. The van der Waals surface area contributed by atoms with E-state index in [1.54, 1.807) is 25.3 Å². The van der Waals surface area contributed by atoms with Crippen molar-refractivity contribution in [2.45, 2.75) is 27.2 Å². The van der Waals surface area contributed by atoms with Crippen LogP contribution in [0.2, 0.25) is 0 Å². The highest BCUT2D eigenvalue weighted by atomic mass is 16.5. The van der Waals surface area contributed by atoms with E-state index in [4.69, 9.17) is 9.47 Å². The van der Waals surface area contributed by atoms with Crippen molar-refractivity contribution in [3.05, 3.63) is 53.1 Å². The third-order valence-electron chi connectivity index (χ3n) is 3.70. The number of hydrogen-bond donors (Lipinski definition) is 1. The predicted octanol–water partition coefficient (Wildman–Crippen LogP) is 4.22. The molecule has 0 atom stereocenters. The van der Waals surface area contributed by atoms with Gasteiger partial charge >= 0.3 is 0 Å². The van der Waals surface area contributed by atoms with Gasteiger partial charge in [0.05, 0.1) is 13.7 Å². The molecular weight excluding hydrogens is 290 g/mol. The Balaban J connectivity index is 2.28. The predicted molar refractivity (Wildman–Crippen MR) is 92.7 cm³/mol. The zero-order chi connectivity index (χ0) is 16.8. The molecule has 4 nitrogen and oxygen atoms in total. The van der Waals surface area contributed by atoms with Gasteiger partial charge in [0, 0.05) is 11.3 Å². The number of aryl methyl sites for hydroxylation is 2. The number of benzene rings is 2. The highest BCUT2D eigenvalue weighted by Crippen LogP contribution is 2.29. The van der Waals surface area contributed by atoms with Crippen LogP contribution in [0.4, 0.5) is 5.69 Å². The second kappa shape index (κ2) is 7.68. The minimum absolute atomic E-state index is 0.157. The number of para-hydroxylation sites is 1. The van der Waals surface area contributed by atoms with Gasteiger partial charge in [-0.05, 0) is 49.6 Å². The Bertz CT molecular complexity index is 695. The van der Waals surface area contributed by atoms with Gasteiger partial charge in [0.15, 0.2) is 11.5 Å². The minimum Gasteiger partial charge on any atom is -0.493 e. The van der Waals surface area contributed by atoms with Gasteiger partial charge in [0.25, 0.3) is 5.91 Å². The fourth-order valence-corrected chi connectivity index (χ4v) is 2.47. The van der Waals surface area contributed by atoms with Gasteiger partial charge in [0.1, 0.15) is 0 Å². The summed E-state index contributed by atoms with van der Waals surface area (Å²) in [6.45, 7) is 6.52. The van der Waals surface area contributed by atoms with Crippen LogP contribution in [-0.4, -0.2) is 19.6 Å². The largest absolute Gasteiger partial charge is 0.493 e. The zero-order valence-corrected chi connectivity index (χ0v) is 14.1. The summed E-state index contributed by atoms with van der Waals surface area (Å²) in [4.78, 5) is 12.6. The van der Waals surface area contributed by atoms with Crippen LogP contribution in [0.3, 0.4) is 0 Å². The summed E-state index contributed by atoms with van der Waals surface area (Å²) in [5.41, 5.74) is 3.59. The molecule has 23 heavy (non-hydrogen) atoms. The molecule has 0 aliphatic rings. The first-order valence-corrected chi connectivity index (χ1v) is 7.81. The summed E-state index contributed by atoms with van der Waals surface area (Å²) >= 11 is 0. The van der Waals surface area contributed by atoms with Crippen LogP contribution in [0.15, 0.2) is 36.4 Å². The fraction of sp³-hybridized carbons (Fsp3) is 0.316. The fourth-order valence-electron chi connectivity index (χ4n) is 2.47. The van der Waals surface area contributed by atoms with Gasteiger partial charge in [-0.2, -0.15) is 0 Å². The van der Waals surface area contributed by atoms with Gasteiger partial charge in [0.2, 0.25) is 0 Å². The summed E-state index contributed by atoms with van der Waals surface area (Å²) in [6, 6.07) is 11.2.